The van der Waals surface area contributed by atoms with Crippen LogP contribution < -0.4 is 15.8 Å². The van der Waals surface area contributed by atoms with E-state index in [-0.39, 0.29) is 28.7 Å². The van der Waals surface area contributed by atoms with E-state index in [1.807, 2.05) is 42.2 Å². The number of hydrogen-bond donors (Lipinski definition) is 2. The Morgan fingerprint density at radius 3 is 2.29 bits per heavy atom. The van der Waals surface area contributed by atoms with Gasteiger partial charge in [-0.2, -0.15) is 0 Å². The van der Waals surface area contributed by atoms with Gasteiger partial charge in [0.15, 0.2) is 0 Å². The fraction of sp³-hybridized carbons (Fsp3) is 0.325. The van der Waals surface area contributed by atoms with Gasteiger partial charge in [-0.05, 0) is 85.3 Å². The Morgan fingerprint density at radius 1 is 0.922 bits per heavy atom. The molecule has 2 amide bonds. The maximum atomic E-state index is 14.6. The van der Waals surface area contributed by atoms with Gasteiger partial charge in [0.2, 0.25) is 0 Å². The minimum Gasteiger partial charge on any atom is -0.399 e. The lowest BCUT2D eigenvalue weighted by Gasteiger charge is -2.29. The fourth-order valence-electron chi connectivity index (χ4n) is 7.09. The van der Waals surface area contributed by atoms with Gasteiger partial charge < -0.3 is 16.2 Å². The molecular weight excluding hydrogens is 663 g/mol. The second kappa shape index (κ2) is 15.1. The summed E-state index contributed by atoms with van der Waals surface area (Å²) in [6, 6.07) is 25.4. The molecule has 266 valence electrons. The molecule has 1 heterocycles. The van der Waals surface area contributed by atoms with Crippen molar-refractivity contribution in [3.8, 4) is 11.1 Å². The predicted molar refractivity (Wildman–Crippen MR) is 201 cm³/mol. The molecule has 4 N–H and O–H groups in total. The lowest BCUT2D eigenvalue weighted by Crippen LogP contribution is -2.40. The number of hydrogen-bond acceptors (Lipinski definition) is 7. The van der Waals surface area contributed by atoms with Crippen LogP contribution in [0.3, 0.4) is 0 Å². The van der Waals surface area contributed by atoms with Crippen molar-refractivity contribution >= 4 is 44.7 Å². The molecule has 1 aliphatic carbocycles. The number of carbonyl (C=O) groups is 2. The summed E-state index contributed by atoms with van der Waals surface area (Å²) in [7, 11) is -4.31. The van der Waals surface area contributed by atoms with Crippen molar-refractivity contribution in [1.29, 1.82) is 0 Å². The average molecular weight is 708 g/mol. The molecule has 1 aliphatic heterocycles. The number of aliphatic imine (C=N–C) groups is 1. The van der Waals surface area contributed by atoms with Crippen LogP contribution in [-0.4, -0.2) is 43.1 Å². The van der Waals surface area contributed by atoms with Gasteiger partial charge >= 0.3 is 0 Å². The molecule has 0 aromatic heterocycles. The number of sulfonamides is 1. The van der Waals surface area contributed by atoms with Crippen LogP contribution in [-0.2, 0) is 32.7 Å². The molecule has 0 saturated heterocycles. The number of nitrogen functional groups attached to an aromatic ring is 1. The lowest BCUT2D eigenvalue weighted by molar-refractivity contribution is -0.131. The summed E-state index contributed by atoms with van der Waals surface area (Å²) in [6.45, 7) is 5.16. The SMILES string of the molecule is CCCCC1=NC2(CCCC2)C(=O)N1Cc1ccc(-c2ccccc2N(c2ccccc2C(N)=O)S(=O)(=O)c2ccc(N)cc2)c(COCC)c1. The maximum absolute atomic E-state index is 14.6. The first kappa shape index (κ1) is 35.8. The number of rotatable bonds is 14. The molecule has 0 unspecified atom stereocenters. The number of nitrogens with two attached hydrogens (primary N) is 2. The molecule has 0 bridgehead atoms. The zero-order valence-electron chi connectivity index (χ0n) is 29.2. The van der Waals surface area contributed by atoms with Crippen molar-refractivity contribution in [2.24, 2.45) is 10.7 Å². The van der Waals surface area contributed by atoms with E-state index < -0.39 is 21.5 Å². The number of ether oxygens (including phenoxy) is 1. The second-order valence-corrected chi connectivity index (χ2v) is 14.9. The molecule has 4 aromatic rings. The molecule has 0 radical (unpaired) electrons. The van der Waals surface area contributed by atoms with Crippen molar-refractivity contribution in [3.05, 3.63) is 108 Å². The number of nitrogens with zero attached hydrogens (tertiary/aromatic N) is 3. The Morgan fingerprint density at radius 2 is 1.61 bits per heavy atom. The molecule has 6 rings (SSSR count). The smallest absolute Gasteiger partial charge is 0.268 e. The first-order chi connectivity index (χ1) is 24.6. The van der Waals surface area contributed by atoms with E-state index in [4.69, 9.17) is 21.2 Å². The van der Waals surface area contributed by atoms with Gasteiger partial charge in [-0.3, -0.25) is 19.5 Å². The summed E-state index contributed by atoms with van der Waals surface area (Å²) in [5.74, 6) is 0.185. The zero-order valence-corrected chi connectivity index (χ0v) is 30.0. The minimum atomic E-state index is -4.31. The molecule has 1 fully saturated rings. The van der Waals surface area contributed by atoms with Crippen molar-refractivity contribution < 1.29 is 22.7 Å². The fourth-order valence-corrected chi connectivity index (χ4v) is 8.62. The Balaban J connectivity index is 1.46. The molecule has 4 aromatic carbocycles. The zero-order chi connectivity index (χ0) is 36.2. The van der Waals surface area contributed by atoms with Crippen LogP contribution in [0, 0.1) is 0 Å². The second-order valence-electron chi connectivity index (χ2n) is 13.1. The van der Waals surface area contributed by atoms with E-state index >= 15 is 0 Å². The van der Waals surface area contributed by atoms with E-state index in [1.165, 1.54) is 34.6 Å². The van der Waals surface area contributed by atoms with E-state index in [2.05, 4.69) is 6.92 Å². The highest BCUT2D eigenvalue weighted by atomic mass is 32.2. The van der Waals surface area contributed by atoms with Crippen molar-refractivity contribution in [2.45, 2.75) is 82.4 Å². The molecule has 51 heavy (non-hydrogen) atoms. The number of carbonyl (C=O) groups excluding carboxylic acids is 2. The molecular formula is C40H45N5O5S. The summed E-state index contributed by atoms with van der Waals surface area (Å²) < 4.78 is 36.3. The van der Waals surface area contributed by atoms with Crippen LogP contribution in [0.15, 0.2) is 101 Å². The molecule has 1 saturated carbocycles. The molecule has 10 nitrogen and oxygen atoms in total. The van der Waals surface area contributed by atoms with Gasteiger partial charge in [0.1, 0.15) is 11.4 Å². The molecule has 11 heteroatoms. The van der Waals surface area contributed by atoms with Gasteiger partial charge in [-0.25, -0.2) is 12.7 Å². The largest absolute Gasteiger partial charge is 0.399 e. The molecule has 1 spiro atoms. The number of primary amides is 1. The third-order valence-corrected chi connectivity index (χ3v) is 11.4. The summed E-state index contributed by atoms with van der Waals surface area (Å²) in [5, 5.41) is 0. The van der Waals surface area contributed by atoms with Crippen LogP contribution in [0.5, 0.6) is 0 Å². The number of amides is 2. The Labute approximate surface area is 300 Å². The molecule has 0 atom stereocenters. The summed E-state index contributed by atoms with van der Waals surface area (Å²) in [5.41, 5.74) is 15.1. The van der Waals surface area contributed by atoms with Crippen molar-refractivity contribution in [3.63, 3.8) is 0 Å². The average Bonchev–Trinajstić information content (AvgIpc) is 3.71. The van der Waals surface area contributed by atoms with E-state index in [1.54, 1.807) is 30.3 Å². The van der Waals surface area contributed by atoms with Crippen molar-refractivity contribution in [2.75, 3.05) is 16.6 Å². The van der Waals surface area contributed by atoms with Crippen LogP contribution in [0.2, 0.25) is 0 Å². The van der Waals surface area contributed by atoms with Gasteiger partial charge in [0.25, 0.3) is 21.8 Å². The highest BCUT2D eigenvalue weighted by molar-refractivity contribution is 7.93. The Hall–Kier alpha value is -5.00. The Bertz CT molecular complexity index is 2060. The normalized spacial score (nSPS) is 15.4. The number of amidine groups is 1. The minimum absolute atomic E-state index is 0.00785. The maximum Gasteiger partial charge on any atom is 0.268 e. The number of unbranched alkanes of at least 4 members (excludes halogenated alkanes) is 1. The first-order valence-electron chi connectivity index (χ1n) is 17.6. The Kier molecular flexibility index (Phi) is 10.6. The van der Waals surface area contributed by atoms with Crippen LogP contribution in [0.25, 0.3) is 11.1 Å². The number of benzene rings is 4. The first-order valence-corrected chi connectivity index (χ1v) is 19.0. The monoisotopic (exact) mass is 707 g/mol. The highest BCUT2D eigenvalue weighted by Crippen LogP contribution is 2.43. The summed E-state index contributed by atoms with van der Waals surface area (Å²) in [4.78, 5) is 33.5. The predicted octanol–water partition coefficient (Wildman–Crippen LogP) is 7.34. The van der Waals surface area contributed by atoms with Crippen LogP contribution >= 0.6 is 0 Å². The number of para-hydroxylation sites is 2. The third kappa shape index (κ3) is 7.13. The number of anilines is 3. The third-order valence-electron chi connectivity index (χ3n) is 9.67. The topological polar surface area (TPSA) is 148 Å². The summed E-state index contributed by atoms with van der Waals surface area (Å²) in [6.07, 6.45) is 6.31. The van der Waals surface area contributed by atoms with E-state index in [0.29, 0.717) is 30.1 Å². The van der Waals surface area contributed by atoms with Crippen molar-refractivity contribution in [1.82, 2.24) is 4.90 Å². The van der Waals surface area contributed by atoms with E-state index in [9.17, 15) is 18.0 Å². The highest BCUT2D eigenvalue weighted by Gasteiger charge is 2.49. The van der Waals surface area contributed by atoms with E-state index in [0.717, 1.165) is 67.5 Å². The standard InChI is InChI=1S/C40H45N5O5S/c1-3-5-16-37-43-40(23-10-11-24-40)39(47)44(37)26-28-17-22-32(29(25-28)27-50-4-2)33-12-6-8-14-35(33)45(36-15-9-7-13-34(36)38(42)46)51(48,49)31-20-18-30(41)19-21-31/h6-9,12-15,17-22,25H,3-5,10-11,16,23-24,26-27,41H2,1-2H3,(H2,42,46). The van der Waals surface area contributed by atoms with Gasteiger partial charge in [0.05, 0.1) is 35.0 Å². The van der Waals surface area contributed by atoms with Crippen LogP contribution in [0.4, 0.5) is 17.1 Å². The molecule has 2 aliphatic rings. The van der Waals surface area contributed by atoms with Gasteiger partial charge in [-0.1, -0.05) is 74.7 Å². The van der Waals surface area contributed by atoms with Gasteiger partial charge in [-0.15, -0.1) is 0 Å². The lowest BCUT2D eigenvalue weighted by atomic mass is 9.95. The quantitative estimate of drug-likeness (QED) is 0.131. The summed E-state index contributed by atoms with van der Waals surface area (Å²) >= 11 is 0. The van der Waals surface area contributed by atoms with Crippen LogP contribution in [0.1, 0.15) is 80.3 Å². The van der Waals surface area contributed by atoms with Gasteiger partial charge in [0, 0.05) is 24.3 Å².